The molecule has 6 nitrogen and oxygen atoms in total. The Bertz CT molecular complexity index is 622. The van der Waals surface area contributed by atoms with Gasteiger partial charge in [0.25, 0.3) is 0 Å². The molecule has 0 spiro atoms. The van der Waals surface area contributed by atoms with Crippen LogP contribution in [0.25, 0.3) is 0 Å². The lowest BCUT2D eigenvalue weighted by Crippen LogP contribution is -2.37. The lowest BCUT2D eigenvalue weighted by molar-refractivity contribution is -0.117. The maximum atomic E-state index is 12.1. The average Bonchev–Trinajstić information content (AvgIpc) is 2.48. The summed E-state index contributed by atoms with van der Waals surface area (Å²) in [6.07, 6.45) is 6.76. The summed E-state index contributed by atoms with van der Waals surface area (Å²) >= 11 is 0. The predicted molar refractivity (Wildman–Crippen MR) is 91.1 cm³/mol. The van der Waals surface area contributed by atoms with Crippen molar-refractivity contribution in [2.45, 2.75) is 50.3 Å². The number of rotatable bonds is 6. The van der Waals surface area contributed by atoms with E-state index in [0.29, 0.717) is 17.2 Å². The fourth-order valence-corrected chi connectivity index (χ4v) is 3.70. The van der Waals surface area contributed by atoms with Crippen LogP contribution < -0.4 is 16.2 Å². The number of hydrogen-bond donors (Lipinski definition) is 3. The van der Waals surface area contributed by atoms with Gasteiger partial charge in [-0.15, -0.1) is 0 Å². The van der Waals surface area contributed by atoms with Gasteiger partial charge in [0.1, 0.15) is 0 Å². The largest absolute Gasteiger partial charge is 0.325 e. The Labute approximate surface area is 137 Å². The van der Waals surface area contributed by atoms with Crippen LogP contribution in [0.2, 0.25) is 0 Å². The van der Waals surface area contributed by atoms with Gasteiger partial charge in [-0.25, -0.2) is 13.6 Å². The first-order valence-corrected chi connectivity index (χ1v) is 9.71. The normalized spacial score (nSPS) is 17.7. The molecular weight excluding hydrogens is 314 g/mol. The van der Waals surface area contributed by atoms with Gasteiger partial charge in [-0.3, -0.25) is 4.79 Å². The number of nitrogens with one attached hydrogen (secondary N) is 1. The number of sulfonamides is 1. The van der Waals surface area contributed by atoms with Crippen molar-refractivity contribution in [2.24, 2.45) is 16.8 Å². The van der Waals surface area contributed by atoms with E-state index < -0.39 is 16.1 Å². The molecule has 23 heavy (non-hydrogen) atoms. The molecular formula is C16H25N3O3S. The molecule has 0 aromatic heterocycles. The van der Waals surface area contributed by atoms with Crippen LogP contribution in [0.1, 0.15) is 44.1 Å². The van der Waals surface area contributed by atoms with Crippen LogP contribution in [0, 0.1) is 5.92 Å². The molecule has 0 aliphatic heterocycles. The number of primary sulfonamides is 1. The van der Waals surface area contributed by atoms with E-state index in [0.717, 1.165) is 19.3 Å². The lowest BCUT2D eigenvalue weighted by atomic mass is 9.85. The third kappa shape index (κ3) is 6.29. The van der Waals surface area contributed by atoms with Crippen LogP contribution in [-0.4, -0.2) is 20.4 Å². The Kier molecular flexibility index (Phi) is 6.15. The third-order valence-electron chi connectivity index (χ3n) is 4.24. The molecule has 0 heterocycles. The molecule has 1 aromatic rings. The van der Waals surface area contributed by atoms with E-state index in [1.807, 2.05) is 0 Å². The zero-order chi connectivity index (χ0) is 16.9. The Morgan fingerprint density at radius 1 is 1.17 bits per heavy atom. The molecule has 1 aromatic carbocycles. The highest BCUT2D eigenvalue weighted by Gasteiger charge is 2.21. The zero-order valence-corrected chi connectivity index (χ0v) is 14.0. The molecule has 7 heteroatoms. The summed E-state index contributed by atoms with van der Waals surface area (Å²) in [4.78, 5) is 12.1. The smallest absolute Gasteiger partial charge is 0.241 e. The van der Waals surface area contributed by atoms with Crippen LogP contribution in [0.4, 0.5) is 5.69 Å². The quantitative estimate of drug-likeness (QED) is 0.731. The number of benzene rings is 1. The summed E-state index contributed by atoms with van der Waals surface area (Å²) in [6, 6.07) is 6.07. The van der Waals surface area contributed by atoms with E-state index >= 15 is 0 Å². The first-order valence-electron chi connectivity index (χ1n) is 7.99. The summed E-state index contributed by atoms with van der Waals surface area (Å²) < 4.78 is 22.1. The third-order valence-corrected chi connectivity index (χ3v) is 4.97. The molecule has 1 saturated carbocycles. The van der Waals surface area contributed by atoms with Crippen molar-refractivity contribution in [3.8, 4) is 0 Å². The highest BCUT2D eigenvalue weighted by atomic mass is 32.2. The van der Waals surface area contributed by atoms with Gasteiger partial charge in [0.2, 0.25) is 15.9 Å². The van der Waals surface area contributed by atoms with Gasteiger partial charge in [0.05, 0.1) is 11.8 Å². The first-order chi connectivity index (χ1) is 10.8. The Morgan fingerprint density at radius 2 is 1.78 bits per heavy atom. The summed E-state index contributed by atoms with van der Waals surface area (Å²) in [5, 5.41) is 7.78. The molecule has 1 fully saturated rings. The Morgan fingerprint density at radius 3 is 2.35 bits per heavy atom. The van der Waals surface area contributed by atoms with E-state index in [2.05, 4.69) is 5.32 Å². The van der Waals surface area contributed by atoms with Crippen molar-refractivity contribution in [2.75, 3.05) is 5.32 Å². The number of nitrogens with two attached hydrogens (primary N) is 2. The molecule has 5 N–H and O–H groups in total. The van der Waals surface area contributed by atoms with Gasteiger partial charge in [-0.05, 0) is 30.0 Å². The maximum Gasteiger partial charge on any atom is 0.241 e. The standard InChI is InChI=1S/C16H25N3O3S/c17-15(10-12-4-2-1-3-5-12)16(20)19-14-8-6-13(7-9-14)11-23(18,21)22/h6-9,12,15H,1-5,10-11,17H2,(H,19,20)(H2,18,21,22). The second-order valence-corrected chi connectivity index (χ2v) is 7.95. The van der Waals surface area contributed by atoms with E-state index in [4.69, 9.17) is 10.9 Å². The van der Waals surface area contributed by atoms with Crippen molar-refractivity contribution < 1.29 is 13.2 Å². The van der Waals surface area contributed by atoms with Gasteiger partial charge in [-0.1, -0.05) is 44.2 Å². The maximum absolute atomic E-state index is 12.1. The van der Waals surface area contributed by atoms with Crippen LogP contribution in [0.3, 0.4) is 0 Å². The summed E-state index contributed by atoms with van der Waals surface area (Å²) in [5.41, 5.74) is 7.19. The summed E-state index contributed by atoms with van der Waals surface area (Å²) in [7, 11) is -3.55. The molecule has 0 bridgehead atoms. The summed E-state index contributed by atoms with van der Waals surface area (Å²) in [6.45, 7) is 0. The van der Waals surface area contributed by atoms with Gasteiger partial charge in [0, 0.05) is 5.69 Å². The van der Waals surface area contributed by atoms with Crippen LogP contribution >= 0.6 is 0 Å². The minimum atomic E-state index is -3.55. The van der Waals surface area contributed by atoms with E-state index in [9.17, 15) is 13.2 Å². The van der Waals surface area contributed by atoms with E-state index in [-0.39, 0.29) is 11.7 Å². The predicted octanol–water partition coefficient (Wildman–Crippen LogP) is 1.71. The lowest BCUT2D eigenvalue weighted by Gasteiger charge is -2.24. The molecule has 0 saturated heterocycles. The monoisotopic (exact) mass is 339 g/mol. The van der Waals surface area contributed by atoms with Gasteiger partial charge in [-0.2, -0.15) is 0 Å². The number of amides is 1. The highest BCUT2D eigenvalue weighted by Crippen LogP contribution is 2.27. The van der Waals surface area contributed by atoms with Crippen molar-refractivity contribution in [1.82, 2.24) is 0 Å². The second-order valence-electron chi connectivity index (χ2n) is 6.34. The molecule has 0 radical (unpaired) electrons. The van der Waals surface area contributed by atoms with Crippen LogP contribution in [0.5, 0.6) is 0 Å². The molecule has 1 aliphatic rings. The SMILES string of the molecule is NC(CC1CCCCC1)C(=O)Nc1ccc(CS(N)(=O)=O)cc1. The van der Waals surface area contributed by atoms with Crippen molar-refractivity contribution in [1.29, 1.82) is 0 Å². The fourth-order valence-electron chi connectivity index (χ4n) is 3.04. The van der Waals surface area contributed by atoms with Gasteiger partial charge >= 0.3 is 0 Å². The first kappa shape index (κ1) is 17.9. The molecule has 1 atom stereocenters. The van der Waals surface area contributed by atoms with Gasteiger partial charge in [0.15, 0.2) is 0 Å². The molecule has 1 aliphatic carbocycles. The highest BCUT2D eigenvalue weighted by molar-refractivity contribution is 7.88. The Hall–Kier alpha value is -1.44. The van der Waals surface area contributed by atoms with Crippen molar-refractivity contribution in [3.05, 3.63) is 29.8 Å². The second kappa shape index (κ2) is 7.90. The minimum Gasteiger partial charge on any atom is -0.325 e. The number of anilines is 1. The van der Waals surface area contributed by atoms with E-state index in [1.54, 1.807) is 24.3 Å². The van der Waals surface area contributed by atoms with Crippen LogP contribution in [-0.2, 0) is 20.6 Å². The topological polar surface area (TPSA) is 115 Å². The number of hydrogen-bond acceptors (Lipinski definition) is 4. The van der Waals surface area contributed by atoms with Crippen molar-refractivity contribution >= 4 is 21.6 Å². The minimum absolute atomic E-state index is 0.199. The Balaban J connectivity index is 1.86. The fraction of sp³-hybridized carbons (Fsp3) is 0.562. The molecule has 128 valence electrons. The number of carbonyl (C=O) groups is 1. The van der Waals surface area contributed by atoms with Gasteiger partial charge < -0.3 is 11.1 Å². The summed E-state index contributed by atoms with van der Waals surface area (Å²) in [5.74, 6) is 0.124. The van der Waals surface area contributed by atoms with Crippen molar-refractivity contribution in [3.63, 3.8) is 0 Å². The molecule has 1 unspecified atom stereocenters. The van der Waals surface area contributed by atoms with E-state index in [1.165, 1.54) is 19.3 Å². The molecule has 2 rings (SSSR count). The number of carbonyl (C=O) groups excluding carboxylic acids is 1. The van der Waals surface area contributed by atoms with Crippen LogP contribution in [0.15, 0.2) is 24.3 Å². The average molecular weight is 339 g/mol. The molecule has 1 amide bonds. The zero-order valence-electron chi connectivity index (χ0n) is 13.2.